The summed E-state index contributed by atoms with van der Waals surface area (Å²) >= 11 is 0. The molecule has 0 saturated carbocycles. The molecule has 1 aromatic rings. The van der Waals surface area contributed by atoms with E-state index in [0.29, 0.717) is 17.5 Å². The summed E-state index contributed by atoms with van der Waals surface area (Å²) in [4.78, 5) is 2.12. The monoisotopic (exact) mass is 238 g/mol. The maximum Gasteiger partial charge on any atom is 0.129 e. The summed E-state index contributed by atoms with van der Waals surface area (Å²) in [6, 6.07) is 5.51. The van der Waals surface area contributed by atoms with Gasteiger partial charge in [-0.1, -0.05) is 19.9 Å². The van der Waals surface area contributed by atoms with E-state index in [1.165, 1.54) is 6.07 Å². The zero-order chi connectivity index (χ0) is 13.0. The van der Waals surface area contributed by atoms with Crippen LogP contribution in [0.2, 0.25) is 0 Å². The molecule has 0 radical (unpaired) electrons. The van der Waals surface area contributed by atoms with Crippen molar-refractivity contribution < 1.29 is 4.39 Å². The summed E-state index contributed by atoms with van der Waals surface area (Å²) in [5.41, 5.74) is 7.13. The molecule has 1 aromatic carbocycles. The average molecular weight is 238 g/mol. The van der Waals surface area contributed by atoms with Gasteiger partial charge < -0.3 is 10.6 Å². The minimum atomic E-state index is -0.214. The number of nitrogens with zero attached hydrogens (tertiary/aromatic N) is 1. The zero-order valence-corrected chi connectivity index (χ0v) is 11.2. The highest BCUT2D eigenvalue weighted by Gasteiger charge is 2.16. The van der Waals surface area contributed by atoms with Crippen molar-refractivity contribution in [3.8, 4) is 0 Å². The van der Waals surface area contributed by atoms with Gasteiger partial charge in [-0.15, -0.1) is 0 Å². The van der Waals surface area contributed by atoms with Crippen LogP contribution in [0.4, 0.5) is 10.1 Å². The maximum atomic E-state index is 13.6. The number of rotatable bonds is 5. The van der Waals surface area contributed by atoms with Gasteiger partial charge in [-0.2, -0.15) is 0 Å². The van der Waals surface area contributed by atoms with Crippen LogP contribution < -0.4 is 10.6 Å². The molecule has 1 rings (SSSR count). The van der Waals surface area contributed by atoms with Crippen molar-refractivity contribution in [3.05, 3.63) is 29.6 Å². The first kappa shape index (κ1) is 14.0. The van der Waals surface area contributed by atoms with Gasteiger partial charge in [0.2, 0.25) is 0 Å². The molecular formula is C14H23FN2. The Morgan fingerprint density at radius 3 is 2.47 bits per heavy atom. The Bertz CT molecular complexity index is 363. The lowest BCUT2D eigenvalue weighted by molar-refractivity contribution is 0.502. The van der Waals surface area contributed by atoms with E-state index in [1.54, 1.807) is 6.07 Å². The van der Waals surface area contributed by atoms with Gasteiger partial charge in [-0.05, 0) is 31.4 Å². The van der Waals surface area contributed by atoms with Gasteiger partial charge >= 0.3 is 0 Å². The Morgan fingerprint density at radius 1 is 1.29 bits per heavy atom. The molecule has 0 spiro atoms. The summed E-state index contributed by atoms with van der Waals surface area (Å²) in [7, 11) is 2.00. The first-order valence-electron chi connectivity index (χ1n) is 6.17. The molecule has 0 aromatic heterocycles. The molecule has 17 heavy (non-hydrogen) atoms. The molecule has 0 aliphatic heterocycles. The standard InChI is InChI=1S/C14H23FN2/c1-10(2)8-11(3)17(4)14-7-5-6-13(15)12(14)9-16/h5-7,10-11H,8-9,16H2,1-4H3. The van der Waals surface area contributed by atoms with Crippen LogP contribution in [0.5, 0.6) is 0 Å². The Morgan fingerprint density at radius 2 is 1.94 bits per heavy atom. The molecule has 0 aliphatic carbocycles. The minimum absolute atomic E-state index is 0.214. The summed E-state index contributed by atoms with van der Waals surface area (Å²) in [6.07, 6.45) is 1.08. The van der Waals surface area contributed by atoms with Crippen LogP contribution in [0.1, 0.15) is 32.8 Å². The van der Waals surface area contributed by atoms with E-state index in [9.17, 15) is 4.39 Å². The van der Waals surface area contributed by atoms with Crippen molar-refractivity contribution in [3.63, 3.8) is 0 Å². The molecule has 0 heterocycles. The second-order valence-electron chi connectivity index (χ2n) is 5.03. The highest BCUT2D eigenvalue weighted by Crippen LogP contribution is 2.25. The fraction of sp³-hybridized carbons (Fsp3) is 0.571. The van der Waals surface area contributed by atoms with Gasteiger partial charge in [0.25, 0.3) is 0 Å². The molecule has 0 fully saturated rings. The number of benzene rings is 1. The average Bonchev–Trinajstić information content (AvgIpc) is 2.26. The van der Waals surface area contributed by atoms with E-state index in [0.717, 1.165) is 12.1 Å². The van der Waals surface area contributed by atoms with Gasteiger partial charge in [0.15, 0.2) is 0 Å². The van der Waals surface area contributed by atoms with E-state index >= 15 is 0 Å². The highest BCUT2D eigenvalue weighted by atomic mass is 19.1. The van der Waals surface area contributed by atoms with E-state index in [4.69, 9.17) is 5.73 Å². The molecule has 3 heteroatoms. The van der Waals surface area contributed by atoms with Crippen LogP contribution in [0.15, 0.2) is 18.2 Å². The van der Waals surface area contributed by atoms with Gasteiger partial charge in [-0.3, -0.25) is 0 Å². The maximum absolute atomic E-state index is 13.6. The van der Waals surface area contributed by atoms with Crippen LogP contribution >= 0.6 is 0 Å². The van der Waals surface area contributed by atoms with Gasteiger partial charge in [0.05, 0.1) is 0 Å². The Balaban J connectivity index is 2.95. The second kappa shape index (κ2) is 6.01. The van der Waals surface area contributed by atoms with Crippen LogP contribution in [0.25, 0.3) is 0 Å². The number of hydrogen-bond acceptors (Lipinski definition) is 2. The second-order valence-corrected chi connectivity index (χ2v) is 5.03. The molecule has 0 aliphatic rings. The molecule has 1 unspecified atom stereocenters. The van der Waals surface area contributed by atoms with Gasteiger partial charge in [-0.25, -0.2) is 4.39 Å². The van der Waals surface area contributed by atoms with Gasteiger partial charge in [0.1, 0.15) is 5.82 Å². The molecule has 1 atom stereocenters. The third-order valence-corrected chi connectivity index (χ3v) is 3.15. The lowest BCUT2D eigenvalue weighted by Gasteiger charge is -2.30. The van der Waals surface area contributed by atoms with Crippen LogP contribution in [-0.2, 0) is 6.54 Å². The van der Waals surface area contributed by atoms with E-state index in [2.05, 4.69) is 25.7 Å². The lowest BCUT2D eigenvalue weighted by Crippen LogP contribution is -2.31. The molecule has 0 amide bonds. The molecule has 0 bridgehead atoms. The Hall–Kier alpha value is -1.09. The molecule has 0 saturated heterocycles. The molecule has 2 N–H and O–H groups in total. The minimum Gasteiger partial charge on any atom is -0.372 e. The van der Waals surface area contributed by atoms with Crippen molar-refractivity contribution in [2.24, 2.45) is 11.7 Å². The van der Waals surface area contributed by atoms with Crippen LogP contribution in [0.3, 0.4) is 0 Å². The SMILES string of the molecule is CC(C)CC(C)N(C)c1cccc(F)c1CN. The number of nitrogens with two attached hydrogens (primary N) is 1. The number of halogens is 1. The van der Waals surface area contributed by atoms with Crippen LogP contribution in [-0.4, -0.2) is 13.1 Å². The van der Waals surface area contributed by atoms with Crippen molar-refractivity contribution in [1.82, 2.24) is 0 Å². The van der Waals surface area contributed by atoms with Crippen molar-refractivity contribution in [2.75, 3.05) is 11.9 Å². The first-order chi connectivity index (χ1) is 7.97. The predicted octanol–water partition coefficient (Wildman–Crippen LogP) is 3.16. The topological polar surface area (TPSA) is 29.3 Å². The predicted molar refractivity (Wildman–Crippen MR) is 71.6 cm³/mol. The van der Waals surface area contributed by atoms with E-state index in [1.807, 2.05) is 13.1 Å². The quantitative estimate of drug-likeness (QED) is 0.853. The normalized spacial score (nSPS) is 12.9. The Labute approximate surface area is 104 Å². The Kier molecular flexibility index (Phi) is 4.94. The summed E-state index contributed by atoms with van der Waals surface area (Å²) < 4.78 is 13.6. The highest BCUT2D eigenvalue weighted by molar-refractivity contribution is 5.54. The largest absolute Gasteiger partial charge is 0.372 e. The zero-order valence-electron chi connectivity index (χ0n) is 11.2. The molecular weight excluding hydrogens is 215 g/mol. The van der Waals surface area contributed by atoms with E-state index in [-0.39, 0.29) is 12.4 Å². The third-order valence-electron chi connectivity index (χ3n) is 3.15. The number of anilines is 1. The van der Waals surface area contributed by atoms with Crippen LogP contribution in [0, 0.1) is 11.7 Å². The van der Waals surface area contributed by atoms with Gasteiger partial charge in [0, 0.05) is 30.9 Å². The third kappa shape index (κ3) is 3.43. The number of hydrogen-bond donors (Lipinski definition) is 1. The van der Waals surface area contributed by atoms with Crippen molar-refractivity contribution >= 4 is 5.69 Å². The lowest BCUT2D eigenvalue weighted by atomic mass is 10.0. The van der Waals surface area contributed by atoms with E-state index < -0.39 is 0 Å². The fourth-order valence-electron chi connectivity index (χ4n) is 2.16. The van der Waals surface area contributed by atoms with Crippen molar-refractivity contribution in [1.29, 1.82) is 0 Å². The molecule has 2 nitrogen and oxygen atoms in total. The van der Waals surface area contributed by atoms with Crippen molar-refractivity contribution in [2.45, 2.75) is 39.8 Å². The molecule has 96 valence electrons. The summed E-state index contributed by atoms with van der Waals surface area (Å²) in [5.74, 6) is 0.413. The first-order valence-corrected chi connectivity index (χ1v) is 6.17. The summed E-state index contributed by atoms with van der Waals surface area (Å²) in [5, 5.41) is 0. The fourth-order valence-corrected chi connectivity index (χ4v) is 2.16. The smallest absolute Gasteiger partial charge is 0.129 e. The summed E-state index contributed by atoms with van der Waals surface area (Å²) in [6.45, 7) is 6.78.